The van der Waals surface area contributed by atoms with Crippen LogP contribution in [0.15, 0.2) is 78.9 Å². The third-order valence-corrected chi connectivity index (χ3v) is 5.46. The molecule has 1 aromatic heterocycles. The van der Waals surface area contributed by atoms with Crippen LogP contribution in [0.3, 0.4) is 0 Å². The fraction of sp³-hybridized carbons (Fsp3) is 0.111. The molecule has 0 spiro atoms. The Labute approximate surface area is 207 Å². The van der Waals surface area contributed by atoms with Crippen molar-refractivity contribution in [3.05, 3.63) is 95.5 Å². The van der Waals surface area contributed by atoms with Gasteiger partial charge in [0.1, 0.15) is 0 Å². The number of benzene rings is 2. The molecule has 3 rings (SSSR count). The Kier molecular flexibility index (Phi) is 8.17. The zero-order valence-electron chi connectivity index (χ0n) is 19.0. The van der Waals surface area contributed by atoms with E-state index in [1.807, 2.05) is 55.5 Å². The molecule has 0 radical (unpaired) electrons. The maximum absolute atomic E-state index is 9.99. The van der Waals surface area contributed by atoms with Gasteiger partial charge in [0.05, 0.1) is 11.2 Å². The second kappa shape index (κ2) is 11.3. The number of rotatable bonds is 8. The first-order valence-electron chi connectivity index (χ1n) is 10.7. The predicted molar refractivity (Wildman–Crippen MR) is 138 cm³/mol. The molecule has 2 aromatic carbocycles. The second-order valence-corrected chi connectivity index (χ2v) is 7.85. The van der Waals surface area contributed by atoms with Crippen molar-refractivity contribution in [2.45, 2.75) is 19.8 Å². The highest BCUT2D eigenvalue weighted by molar-refractivity contribution is 6.28. The zero-order chi connectivity index (χ0) is 25.5. The molecule has 0 aliphatic heterocycles. The molecule has 180 valence electrons. The normalized spacial score (nSPS) is 12.7. The molecule has 35 heavy (non-hydrogen) atoms. The second-order valence-electron chi connectivity index (χ2n) is 7.51. The molecular weight excluding hydrogens is 468 g/mol. The smallest absolute Gasteiger partial charge is 0.223 e. The fourth-order valence-electron chi connectivity index (χ4n) is 3.47. The largest absolute Gasteiger partial charge is 0.504 e. The minimum atomic E-state index is -0.979. The molecule has 0 atom stereocenters. The molecule has 7 nitrogen and oxygen atoms in total. The minimum absolute atomic E-state index is 0.00710. The van der Waals surface area contributed by atoms with Crippen molar-refractivity contribution < 1.29 is 25.5 Å². The topological polar surface area (TPSA) is 127 Å². The molecule has 0 bridgehead atoms. The SMILES string of the molecule is C=C/C=C(\C=C/CC(/C=C\Cc1c(O)c(O)c(O)c(O)c1O)=C/C)c1nc(Cl)nc2ccccc12. The van der Waals surface area contributed by atoms with E-state index in [-0.39, 0.29) is 17.3 Å². The summed E-state index contributed by atoms with van der Waals surface area (Å²) in [6.07, 6.45) is 13.3. The summed E-state index contributed by atoms with van der Waals surface area (Å²) in [4.78, 5) is 8.68. The van der Waals surface area contributed by atoms with Crippen molar-refractivity contribution >= 4 is 28.1 Å². The first-order valence-corrected chi connectivity index (χ1v) is 11.1. The summed E-state index contributed by atoms with van der Waals surface area (Å²) in [6, 6.07) is 7.58. The van der Waals surface area contributed by atoms with E-state index in [1.165, 1.54) is 0 Å². The van der Waals surface area contributed by atoms with Gasteiger partial charge in [-0.05, 0) is 43.0 Å². The van der Waals surface area contributed by atoms with Gasteiger partial charge in [-0.25, -0.2) is 9.97 Å². The Morgan fingerprint density at radius 1 is 0.914 bits per heavy atom. The van der Waals surface area contributed by atoms with Crippen LogP contribution in [0.1, 0.15) is 24.6 Å². The number of aromatic hydroxyl groups is 5. The molecule has 5 N–H and O–H groups in total. The molecule has 0 aliphatic rings. The third kappa shape index (κ3) is 5.65. The van der Waals surface area contributed by atoms with E-state index in [4.69, 9.17) is 11.6 Å². The summed E-state index contributed by atoms with van der Waals surface area (Å²) >= 11 is 6.13. The van der Waals surface area contributed by atoms with Gasteiger partial charge in [-0.15, -0.1) is 0 Å². The van der Waals surface area contributed by atoms with Crippen LogP contribution in [0.25, 0.3) is 16.5 Å². The standard InChI is InChI=1S/C27H25ClN2O5/c1-3-9-17(21-18-13-5-6-15-20(18)29-27(28)30-21)12-7-10-16(4-2)11-8-14-19-22(31)24(33)26(35)25(34)23(19)32/h3-9,11-13,15,31-35H,1,10,14H2,2H3/b11-8-,12-7-,16-4-,17-9+. The van der Waals surface area contributed by atoms with Gasteiger partial charge in [-0.1, -0.05) is 67.3 Å². The van der Waals surface area contributed by atoms with Crippen LogP contribution in [0.4, 0.5) is 0 Å². The van der Waals surface area contributed by atoms with Crippen LogP contribution < -0.4 is 0 Å². The van der Waals surface area contributed by atoms with Crippen molar-refractivity contribution in [1.29, 1.82) is 0 Å². The molecule has 0 saturated carbocycles. The number of fused-ring (bicyclic) bond motifs is 1. The maximum Gasteiger partial charge on any atom is 0.223 e. The van der Waals surface area contributed by atoms with Crippen molar-refractivity contribution in [3.8, 4) is 28.7 Å². The van der Waals surface area contributed by atoms with Gasteiger partial charge in [0.2, 0.25) is 22.5 Å². The van der Waals surface area contributed by atoms with Crippen molar-refractivity contribution in [2.75, 3.05) is 0 Å². The zero-order valence-corrected chi connectivity index (χ0v) is 19.7. The predicted octanol–water partition coefficient (Wildman–Crippen LogP) is 6.07. The summed E-state index contributed by atoms with van der Waals surface area (Å²) in [5.74, 6) is -4.15. The molecule has 1 heterocycles. The Hall–Kier alpha value is -4.23. The van der Waals surface area contributed by atoms with Crippen molar-refractivity contribution in [3.63, 3.8) is 0 Å². The number of para-hydroxylation sites is 1. The lowest BCUT2D eigenvalue weighted by molar-refractivity contribution is 0.325. The molecule has 0 fully saturated rings. The number of phenols is 5. The van der Waals surface area contributed by atoms with Crippen LogP contribution in [0.5, 0.6) is 28.7 Å². The Morgan fingerprint density at radius 3 is 2.23 bits per heavy atom. The lowest BCUT2D eigenvalue weighted by Gasteiger charge is -2.10. The van der Waals surface area contributed by atoms with Crippen LogP contribution in [0.2, 0.25) is 5.28 Å². The third-order valence-electron chi connectivity index (χ3n) is 5.29. The lowest BCUT2D eigenvalue weighted by atomic mass is 10.0. The van der Waals surface area contributed by atoms with Crippen LogP contribution in [0, 0.1) is 0 Å². The van der Waals surface area contributed by atoms with Gasteiger partial charge >= 0.3 is 0 Å². The van der Waals surface area contributed by atoms with E-state index < -0.39 is 28.7 Å². The molecule has 3 aromatic rings. The number of halogens is 1. The van der Waals surface area contributed by atoms with E-state index in [0.29, 0.717) is 12.1 Å². The summed E-state index contributed by atoms with van der Waals surface area (Å²) in [7, 11) is 0. The van der Waals surface area contributed by atoms with E-state index in [2.05, 4.69) is 16.5 Å². The number of hydrogen-bond acceptors (Lipinski definition) is 7. The lowest BCUT2D eigenvalue weighted by Crippen LogP contribution is -1.94. The molecule has 0 unspecified atom stereocenters. The monoisotopic (exact) mass is 492 g/mol. The number of phenolic OH excluding ortho intramolecular Hbond substituents is 5. The highest BCUT2D eigenvalue weighted by atomic mass is 35.5. The molecular formula is C27H25ClN2O5. The van der Waals surface area contributed by atoms with E-state index >= 15 is 0 Å². The number of allylic oxidation sites excluding steroid dienone is 9. The highest BCUT2D eigenvalue weighted by Crippen LogP contribution is 2.50. The molecule has 0 amide bonds. The Bertz CT molecular complexity index is 1360. The first-order chi connectivity index (χ1) is 16.8. The summed E-state index contributed by atoms with van der Waals surface area (Å²) in [5, 5.41) is 49.9. The fourth-order valence-corrected chi connectivity index (χ4v) is 3.64. The highest BCUT2D eigenvalue weighted by Gasteiger charge is 2.22. The maximum atomic E-state index is 9.99. The summed E-state index contributed by atoms with van der Waals surface area (Å²) in [5.41, 5.74) is 3.05. The van der Waals surface area contributed by atoms with E-state index in [9.17, 15) is 25.5 Å². The van der Waals surface area contributed by atoms with Gasteiger partial charge in [0.15, 0.2) is 11.5 Å². The molecule has 8 heteroatoms. The molecule has 0 aliphatic carbocycles. The van der Waals surface area contributed by atoms with Gasteiger partial charge < -0.3 is 25.5 Å². The van der Waals surface area contributed by atoms with Crippen LogP contribution in [-0.4, -0.2) is 35.5 Å². The number of aromatic nitrogens is 2. The van der Waals surface area contributed by atoms with E-state index in [1.54, 1.807) is 18.2 Å². The van der Waals surface area contributed by atoms with E-state index in [0.717, 1.165) is 22.0 Å². The average molecular weight is 493 g/mol. The van der Waals surface area contributed by atoms with Crippen molar-refractivity contribution in [1.82, 2.24) is 9.97 Å². The van der Waals surface area contributed by atoms with Gasteiger partial charge in [-0.2, -0.15) is 0 Å². The Morgan fingerprint density at radius 2 is 1.57 bits per heavy atom. The van der Waals surface area contributed by atoms with Gasteiger partial charge in [0.25, 0.3) is 0 Å². The first kappa shape index (κ1) is 25.4. The van der Waals surface area contributed by atoms with Crippen LogP contribution >= 0.6 is 11.6 Å². The average Bonchev–Trinajstić information content (AvgIpc) is 2.86. The Balaban J connectivity index is 1.79. The summed E-state index contributed by atoms with van der Waals surface area (Å²) in [6.45, 7) is 5.66. The number of hydrogen-bond donors (Lipinski definition) is 5. The van der Waals surface area contributed by atoms with Gasteiger partial charge in [0, 0.05) is 16.5 Å². The van der Waals surface area contributed by atoms with Gasteiger partial charge in [-0.3, -0.25) is 0 Å². The minimum Gasteiger partial charge on any atom is -0.504 e. The van der Waals surface area contributed by atoms with Crippen molar-refractivity contribution in [2.24, 2.45) is 0 Å². The number of nitrogens with zero attached hydrogens (tertiary/aromatic N) is 2. The quantitative estimate of drug-likeness (QED) is 0.112. The summed E-state index contributed by atoms with van der Waals surface area (Å²) < 4.78 is 0. The molecule has 0 saturated heterocycles. The van der Waals surface area contributed by atoms with Crippen LogP contribution in [-0.2, 0) is 6.42 Å².